The van der Waals surface area contributed by atoms with E-state index in [0.29, 0.717) is 21.1 Å². The minimum absolute atomic E-state index is 0.149. The number of aromatic nitrogens is 2. The monoisotopic (exact) mass is 409 g/mol. The van der Waals surface area contributed by atoms with Crippen molar-refractivity contribution in [3.05, 3.63) is 93.9 Å². The summed E-state index contributed by atoms with van der Waals surface area (Å²) in [5, 5.41) is 16.3. The molecule has 0 aliphatic heterocycles. The molecule has 0 fully saturated rings. The predicted molar refractivity (Wildman–Crippen MR) is 114 cm³/mol. The number of nitrogens with zero attached hydrogens (tertiary/aromatic N) is 2. The summed E-state index contributed by atoms with van der Waals surface area (Å²) < 4.78 is 0. The molecular weight excluding hydrogens is 393 g/mol. The lowest BCUT2D eigenvalue weighted by molar-refractivity contribution is 0.471. The Morgan fingerprint density at radius 2 is 1.68 bits per heavy atom. The van der Waals surface area contributed by atoms with E-state index in [1.54, 1.807) is 24.5 Å². The Morgan fingerprint density at radius 1 is 0.929 bits per heavy atom. The standard InChI is InChI=1S/C22H17Cl2N3O/c1-13-2-3-14-4-6-17(22(28)21(14)26-13)20(15-8-10-25-11-9-15)27-16-5-7-18(23)19(24)12-16/h2-12,20,27-28H,1H3. The molecule has 6 heteroatoms. The molecule has 0 amide bonds. The van der Waals surface area contributed by atoms with Crippen LogP contribution in [0.2, 0.25) is 10.0 Å². The number of hydrogen-bond donors (Lipinski definition) is 2. The zero-order chi connectivity index (χ0) is 19.7. The van der Waals surface area contributed by atoms with Gasteiger partial charge in [0.15, 0.2) is 0 Å². The molecule has 1 unspecified atom stereocenters. The van der Waals surface area contributed by atoms with E-state index in [9.17, 15) is 5.11 Å². The molecule has 0 saturated heterocycles. The van der Waals surface area contributed by atoms with Gasteiger partial charge in [0.25, 0.3) is 0 Å². The quantitative estimate of drug-likeness (QED) is 0.424. The third-order valence-electron chi connectivity index (χ3n) is 4.59. The molecule has 28 heavy (non-hydrogen) atoms. The molecule has 0 saturated carbocycles. The lowest BCUT2D eigenvalue weighted by Gasteiger charge is -2.22. The number of rotatable bonds is 4. The van der Waals surface area contributed by atoms with Crippen LogP contribution < -0.4 is 5.32 Å². The lowest BCUT2D eigenvalue weighted by atomic mass is 9.96. The van der Waals surface area contributed by atoms with Gasteiger partial charge in [0.1, 0.15) is 11.3 Å². The molecular formula is C22H17Cl2N3O. The molecule has 4 aromatic rings. The first-order chi connectivity index (χ1) is 13.5. The zero-order valence-electron chi connectivity index (χ0n) is 15.0. The van der Waals surface area contributed by atoms with Gasteiger partial charge in [-0.25, -0.2) is 4.98 Å². The summed E-state index contributed by atoms with van der Waals surface area (Å²) in [6.07, 6.45) is 3.44. The summed E-state index contributed by atoms with van der Waals surface area (Å²) in [5.74, 6) is 0.149. The van der Waals surface area contributed by atoms with E-state index < -0.39 is 0 Å². The van der Waals surface area contributed by atoms with Gasteiger partial charge in [-0.2, -0.15) is 0 Å². The number of phenolic OH excluding ortho intramolecular Hbond substituents is 1. The Kier molecular flexibility index (Phi) is 5.07. The second-order valence-corrected chi connectivity index (χ2v) is 7.33. The van der Waals surface area contributed by atoms with Crippen molar-refractivity contribution in [3.8, 4) is 5.75 Å². The minimum Gasteiger partial charge on any atom is -0.505 e. The Bertz CT molecular complexity index is 1150. The number of anilines is 1. The van der Waals surface area contributed by atoms with Crippen LogP contribution in [0.25, 0.3) is 10.9 Å². The van der Waals surface area contributed by atoms with Gasteiger partial charge >= 0.3 is 0 Å². The SMILES string of the molecule is Cc1ccc2ccc(C(Nc3ccc(Cl)c(Cl)c3)c3ccncc3)c(O)c2n1. The fourth-order valence-corrected chi connectivity index (χ4v) is 3.47. The third kappa shape index (κ3) is 3.61. The molecule has 4 rings (SSSR count). The van der Waals surface area contributed by atoms with Gasteiger partial charge in [0.05, 0.1) is 16.1 Å². The first-order valence-electron chi connectivity index (χ1n) is 8.73. The molecule has 2 heterocycles. The van der Waals surface area contributed by atoms with Gasteiger partial charge in [-0.3, -0.25) is 4.98 Å². The van der Waals surface area contributed by atoms with Crippen LogP contribution in [0.4, 0.5) is 5.69 Å². The van der Waals surface area contributed by atoms with Gasteiger partial charge in [0, 0.05) is 34.7 Å². The fourth-order valence-electron chi connectivity index (χ4n) is 3.17. The maximum atomic E-state index is 11.0. The van der Waals surface area contributed by atoms with Crippen LogP contribution in [0.15, 0.2) is 67.0 Å². The van der Waals surface area contributed by atoms with Crippen LogP contribution in [-0.4, -0.2) is 15.1 Å². The molecule has 1 atom stereocenters. The van der Waals surface area contributed by atoms with Crippen molar-refractivity contribution in [2.24, 2.45) is 0 Å². The molecule has 2 N–H and O–H groups in total. The van der Waals surface area contributed by atoms with Gasteiger partial charge in [-0.15, -0.1) is 0 Å². The van der Waals surface area contributed by atoms with Crippen LogP contribution in [0.1, 0.15) is 22.9 Å². The number of fused-ring (bicyclic) bond motifs is 1. The molecule has 140 valence electrons. The van der Waals surface area contributed by atoms with Crippen LogP contribution in [0, 0.1) is 6.92 Å². The van der Waals surface area contributed by atoms with E-state index in [4.69, 9.17) is 23.2 Å². The van der Waals surface area contributed by atoms with Gasteiger partial charge in [-0.05, 0) is 48.9 Å². The Hall–Kier alpha value is -2.82. The fraction of sp³-hybridized carbons (Fsp3) is 0.0909. The highest BCUT2D eigenvalue weighted by molar-refractivity contribution is 6.42. The number of aryl methyl sites for hydroxylation is 1. The summed E-state index contributed by atoms with van der Waals surface area (Å²) >= 11 is 12.2. The number of halogens is 2. The van der Waals surface area contributed by atoms with E-state index in [1.165, 1.54) is 0 Å². The van der Waals surface area contributed by atoms with E-state index in [1.807, 2.05) is 49.4 Å². The molecule has 0 aliphatic rings. The second kappa shape index (κ2) is 7.66. The van der Waals surface area contributed by atoms with Crippen molar-refractivity contribution >= 4 is 39.8 Å². The minimum atomic E-state index is -0.327. The van der Waals surface area contributed by atoms with Crippen molar-refractivity contribution in [1.82, 2.24) is 9.97 Å². The summed E-state index contributed by atoms with van der Waals surface area (Å²) in [4.78, 5) is 8.61. The second-order valence-electron chi connectivity index (χ2n) is 6.51. The number of nitrogens with one attached hydrogen (secondary N) is 1. The van der Waals surface area contributed by atoms with Crippen molar-refractivity contribution in [3.63, 3.8) is 0 Å². The van der Waals surface area contributed by atoms with Gasteiger partial charge in [-0.1, -0.05) is 41.4 Å². The third-order valence-corrected chi connectivity index (χ3v) is 5.33. The predicted octanol–water partition coefficient (Wildman–Crippen LogP) is 6.15. The largest absolute Gasteiger partial charge is 0.505 e. The molecule has 4 nitrogen and oxygen atoms in total. The number of benzene rings is 2. The van der Waals surface area contributed by atoms with Gasteiger partial charge in [0.2, 0.25) is 0 Å². The van der Waals surface area contributed by atoms with E-state index in [-0.39, 0.29) is 11.8 Å². The maximum absolute atomic E-state index is 11.0. The lowest BCUT2D eigenvalue weighted by Crippen LogP contribution is -2.13. The van der Waals surface area contributed by atoms with E-state index in [0.717, 1.165) is 22.3 Å². The molecule has 0 radical (unpaired) electrons. The van der Waals surface area contributed by atoms with Crippen LogP contribution >= 0.6 is 23.2 Å². The molecule has 0 spiro atoms. The van der Waals surface area contributed by atoms with Crippen LogP contribution in [0.3, 0.4) is 0 Å². The highest BCUT2D eigenvalue weighted by atomic mass is 35.5. The summed E-state index contributed by atoms with van der Waals surface area (Å²) in [6.45, 7) is 1.90. The van der Waals surface area contributed by atoms with Crippen molar-refractivity contribution in [1.29, 1.82) is 0 Å². The average Bonchev–Trinajstić information content (AvgIpc) is 2.71. The Labute approximate surface area is 172 Å². The first-order valence-corrected chi connectivity index (χ1v) is 9.49. The molecule has 0 aliphatic carbocycles. The number of aromatic hydroxyl groups is 1. The summed E-state index contributed by atoms with van der Waals surface area (Å²) in [7, 11) is 0. The van der Waals surface area contributed by atoms with Crippen LogP contribution in [-0.2, 0) is 0 Å². The normalized spacial score (nSPS) is 12.1. The number of hydrogen-bond acceptors (Lipinski definition) is 4. The number of phenols is 1. The van der Waals surface area contributed by atoms with Crippen molar-refractivity contribution in [2.45, 2.75) is 13.0 Å². The average molecular weight is 410 g/mol. The Morgan fingerprint density at radius 3 is 2.43 bits per heavy atom. The van der Waals surface area contributed by atoms with Gasteiger partial charge < -0.3 is 10.4 Å². The summed E-state index contributed by atoms with van der Waals surface area (Å²) in [6, 6.07) is 16.6. The maximum Gasteiger partial charge on any atom is 0.147 e. The van der Waals surface area contributed by atoms with E-state index >= 15 is 0 Å². The highest BCUT2D eigenvalue weighted by Crippen LogP contribution is 2.37. The molecule has 0 bridgehead atoms. The summed E-state index contributed by atoms with van der Waals surface area (Å²) in [5.41, 5.74) is 3.87. The highest BCUT2D eigenvalue weighted by Gasteiger charge is 2.20. The number of pyridine rings is 2. The van der Waals surface area contributed by atoms with Crippen molar-refractivity contribution < 1.29 is 5.11 Å². The molecule has 2 aromatic carbocycles. The Balaban J connectivity index is 1.85. The topological polar surface area (TPSA) is 58.0 Å². The smallest absolute Gasteiger partial charge is 0.147 e. The van der Waals surface area contributed by atoms with E-state index in [2.05, 4.69) is 15.3 Å². The first kappa shape index (κ1) is 18.5. The molecule has 2 aromatic heterocycles. The zero-order valence-corrected chi connectivity index (χ0v) is 16.5. The van der Waals surface area contributed by atoms with Crippen LogP contribution in [0.5, 0.6) is 5.75 Å². The van der Waals surface area contributed by atoms with Crippen molar-refractivity contribution in [2.75, 3.05) is 5.32 Å².